The Bertz CT molecular complexity index is 1320. The zero-order valence-electron chi connectivity index (χ0n) is 18.3. The third kappa shape index (κ3) is 3.56. The van der Waals surface area contributed by atoms with E-state index in [4.69, 9.17) is 27.1 Å². The molecule has 2 aliphatic heterocycles. The van der Waals surface area contributed by atoms with Crippen molar-refractivity contribution in [3.63, 3.8) is 0 Å². The highest BCUT2D eigenvalue weighted by atomic mass is 35.5. The Hall–Kier alpha value is -3.64. The van der Waals surface area contributed by atoms with E-state index in [1.165, 1.54) is 4.90 Å². The summed E-state index contributed by atoms with van der Waals surface area (Å²) in [7, 11) is 3.39. The summed E-state index contributed by atoms with van der Waals surface area (Å²) in [6.07, 6.45) is 1.75. The Morgan fingerprint density at radius 3 is 2.67 bits per heavy atom. The smallest absolute Gasteiger partial charge is 0.261 e. The molecule has 0 saturated heterocycles. The van der Waals surface area contributed by atoms with Crippen molar-refractivity contribution >= 4 is 29.7 Å². The lowest BCUT2D eigenvalue weighted by molar-refractivity contribution is -0.132. The number of hydrogen-bond acceptors (Lipinski definition) is 5. The van der Waals surface area contributed by atoms with E-state index in [2.05, 4.69) is 11.1 Å². The van der Waals surface area contributed by atoms with E-state index in [1.807, 2.05) is 66.9 Å². The number of ether oxygens (including phenoxy) is 1. The van der Waals surface area contributed by atoms with Gasteiger partial charge in [-0.05, 0) is 52.6 Å². The molecule has 3 aromatic carbocycles. The minimum atomic E-state index is -1.15. The number of rotatable bonds is 3. The maximum absolute atomic E-state index is 13.5. The molecule has 3 aromatic rings. The van der Waals surface area contributed by atoms with Crippen molar-refractivity contribution < 1.29 is 9.53 Å². The summed E-state index contributed by atoms with van der Waals surface area (Å²) in [5.74, 6) is 0.645. The van der Waals surface area contributed by atoms with Gasteiger partial charge in [-0.15, -0.1) is 0 Å². The van der Waals surface area contributed by atoms with Crippen LogP contribution in [-0.4, -0.2) is 37.1 Å². The second-order valence-corrected chi connectivity index (χ2v) is 8.72. The average Bonchev–Trinajstić information content (AvgIpc) is 3.03. The number of fused-ring (bicyclic) bond motifs is 2. The highest BCUT2D eigenvalue weighted by Crippen LogP contribution is 2.50. The summed E-state index contributed by atoms with van der Waals surface area (Å²) in [5, 5.41) is 0.611. The minimum Gasteiger partial charge on any atom is -0.485 e. The van der Waals surface area contributed by atoms with Gasteiger partial charge in [-0.3, -0.25) is 14.7 Å². The first-order chi connectivity index (χ1) is 15.9. The molecule has 0 bridgehead atoms. The van der Waals surface area contributed by atoms with Crippen LogP contribution < -0.4 is 10.5 Å². The van der Waals surface area contributed by atoms with Crippen LogP contribution in [0.4, 0.5) is 0 Å². The number of benzene rings is 3. The number of likely N-dealkylation sites (N-methyl/N-ethyl adjacent to an activating group) is 1. The molecule has 33 heavy (non-hydrogen) atoms. The molecule has 2 heterocycles. The van der Waals surface area contributed by atoms with Crippen molar-refractivity contribution in [3.8, 4) is 16.9 Å². The van der Waals surface area contributed by atoms with Crippen molar-refractivity contribution in [1.29, 1.82) is 0 Å². The third-order valence-corrected chi connectivity index (χ3v) is 6.44. The predicted molar refractivity (Wildman–Crippen MR) is 131 cm³/mol. The van der Waals surface area contributed by atoms with Crippen LogP contribution in [0.3, 0.4) is 0 Å². The van der Waals surface area contributed by atoms with Gasteiger partial charge in [0.15, 0.2) is 11.5 Å². The number of amides is 1. The minimum absolute atomic E-state index is 0.166. The molecule has 6 nitrogen and oxygen atoms in total. The van der Waals surface area contributed by atoms with Gasteiger partial charge in [-0.1, -0.05) is 48.0 Å². The van der Waals surface area contributed by atoms with Crippen LogP contribution in [-0.2, 0) is 10.3 Å². The van der Waals surface area contributed by atoms with E-state index in [-0.39, 0.29) is 11.9 Å². The van der Waals surface area contributed by atoms with Gasteiger partial charge < -0.3 is 10.5 Å². The van der Waals surface area contributed by atoms with Crippen LogP contribution >= 0.6 is 11.6 Å². The number of guanidine groups is 1. The zero-order valence-corrected chi connectivity index (χ0v) is 19.1. The number of aliphatic imine (C=N–C) groups is 2. The number of halogens is 1. The molecule has 2 unspecified atom stereocenters. The normalized spacial score (nSPS) is 21.9. The lowest BCUT2D eigenvalue weighted by atomic mass is 9.79. The van der Waals surface area contributed by atoms with Gasteiger partial charge in [0.05, 0.1) is 0 Å². The maximum Gasteiger partial charge on any atom is 0.261 e. The third-order valence-electron chi connectivity index (χ3n) is 6.20. The Balaban J connectivity index is 1.65. The molecule has 0 fully saturated rings. The highest BCUT2D eigenvalue weighted by molar-refractivity contribution is 6.30. The van der Waals surface area contributed by atoms with Gasteiger partial charge in [-0.2, -0.15) is 0 Å². The summed E-state index contributed by atoms with van der Waals surface area (Å²) in [4.78, 5) is 23.7. The van der Waals surface area contributed by atoms with Gasteiger partial charge in [0, 0.05) is 37.3 Å². The Kier molecular flexibility index (Phi) is 5.17. The number of hydrogen-bond donors (Lipinski definition) is 1. The fourth-order valence-corrected chi connectivity index (χ4v) is 4.76. The summed E-state index contributed by atoms with van der Waals surface area (Å²) >= 11 is 6.23. The van der Waals surface area contributed by atoms with Crippen molar-refractivity contribution in [2.45, 2.75) is 18.1 Å². The van der Waals surface area contributed by atoms with Crippen LogP contribution in [0.25, 0.3) is 11.1 Å². The van der Waals surface area contributed by atoms with Crippen molar-refractivity contribution in [2.24, 2.45) is 15.7 Å². The number of carbonyl (C=O) groups is 1. The monoisotopic (exact) mass is 458 g/mol. The van der Waals surface area contributed by atoms with Crippen molar-refractivity contribution in [2.75, 3.05) is 14.1 Å². The summed E-state index contributed by atoms with van der Waals surface area (Å²) < 4.78 is 6.37. The molecule has 0 aromatic heterocycles. The van der Waals surface area contributed by atoms with E-state index >= 15 is 0 Å². The molecule has 7 heteroatoms. The molecule has 2 atom stereocenters. The van der Waals surface area contributed by atoms with Crippen molar-refractivity contribution in [3.05, 3.63) is 88.4 Å². The molecule has 0 saturated carbocycles. The molecule has 1 amide bonds. The van der Waals surface area contributed by atoms with Gasteiger partial charge in [0.25, 0.3) is 5.91 Å². The molecule has 0 radical (unpaired) electrons. The lowest BCUT2D eigenvalue weighted by Crippen LogP contribution is -2.43. The summed E-state index contributed by atoms with van der Waals surface area (Å²) in [5.41, 5.74) is 9.54. The fraction of sp³-hybridized carbons (Fsp3) is 0.192. The van der Waals surface area contributed by atoms with E-state index in [0.717, 1.165) is 22.3 Å². The Morgan fingerprint density at radius 1 is 1.15 bits per heavy atom. The Morgan fingerprint density at radius 2 is 1.94 bits per heavy atom. The molecular formula is C26H23ClN4O2. The number of carbonyl (C=O) groups excluding carboxylic acids is 1. The van der Waals surface area contributed by atoms with Crippen LogP contribution in [0.1, 0.15) is 29.2 Å². The predicted octanol–water partition coefficient (Wildman–Crippen LogP) is 4.56. The van der Waals surface area contributed by atoms with Gasteiger partial charge in [-0.25, -0.2) is 4.99 Å². The van der Waals surface area contributed by atoms with Crippen LogP contribution in [0.15, 0.2) is 76.7 Å². The average molecular weight is 459 g/mol. The van der Waals surface area contributed by atoms with Gasteiger partial charge in [0.2, 0.25) is 0 Å². The first-order valence-electron chi connectivity index (χ1n) is 10.6. The zero-order chi connectivity index (χ0) is 23.2. The van der Waals surface area contributed by atoms with Crippen LogP contribution in [0, 0.1) is 0 Å². The summed E-state index contributed by atoms with van der Waals surface area (Å²) in [6.45, 7) is 0. The molecule has 1 spiro atoms. The largest absolute Gasteiger partial charge is 0.485 e. The first kappa shape index (κ1) is 21.2. The second kappa shape index (κ2) is 8.05. The number of nitrogens with two attached hydrogens (primary N) is 1. The second-order valence-electron chi connectivity index (χ2n) is 8.28. The molecule has 5 rings (SSSR count). The van der Waals surface area contributed by atoms with Gasteiger partial charge in [0.1, 0.15) is 11.9 Å². The van der Waals surface area contributed by atoms with E-state index < -0.39 is 11.6 Å². The molecule has 0 aliphatic carbocycles. The lowest BCUT2D eigenvalue weighted by Gasteiger charge is -2.37. The summed E-state index contributed by atoms with van der Waals surface area (Å²) in [6, 6.07) is 21.4. The van der Waals surface area contributed by atoms with E-state index in [0.29, 0.717) is 22.8 Å². The highest BCUT2D eigenvalue weighted by Gasteiger charge is 2.53. The van der Waals surface area contributed by atoms with E-state index in [1.54, 1.807) is 14.1 Å². The molecule has 166 valence electrons. The molecule has 2 N–H and O–H groups in total. The Labute approximate surface area is 197 Å². The van der Waals surface area contributed by atoms with E-state index in [9.17, 15) is 4.79 Å². The maximum atomic E-state index is 13.5. The van der Waals surface area contributed by atoms with Crippen LogP contribution in [0.5, 0.6) is 5.75 Å². The first-order valence-corrected chi connectivity index (χ1v) is 11.0. The standard InChI is InChI=1S/C26H23ClN4O2/c1-29-15-16-5-3-6-17(11-16)18-9-10-22-21(13-18)26(24(32)31(2)25(28)30-26)14-23(33-22)19-7-4-8-20(27)12-19/h3-13,15,23H,14H2,1-2H3,(H2,28,30). The number of nitrogens with zero attached hydrogens (tertiary/aromatic N) is 3. The SMILES string of the molecule is CN=Cc1cccc(-c2ccc3c(c2)C2(CC(c4cccc(Cl)c4)O3)N=C(N)N(C)C2=O)c1. The fourth-order valence-electron chi connectivity index (χ4n) is 4.56. The topological polar surface area (TPSA) is 80.3 Å². The molecular weight excluding hydrogens is 436 g/mol. The van der Waals surface area contributed by atoms with Crippen molar-refractivity contribution in [1.82, 2.24) is 4.90 Å². The van der Waals surface area contributed by atoms with Crippen LogP contribution in [0.2, 0.25) is 5.02 Å². The van der Waals surface area contributed by atoms with Gasteiger partial charge >= 0.3 is 0 Å². The quantitative estimate of drug-likeness (QED) is 0.584. The molecule has 2 aliphatic rings.